The maximum Gasteiger partial charge on any atom is 0.333 e. The molecule has 0 fully saturated rings. The van der Waals surface area contributed by atoms with Crippen molar-refractivity contribution >= 4 is 11.9 Å². The summed E-state index contributed by atoms with van der Waals surface area (Å²) in [5.74, 6) is -1.37. The Bertz CT molecular complexity index is 1140. The summed E-state index contributed by atoms with van der Waals surface area (Å²) < 4.78 is 23.1. The number of carbonyl (C=O) groups is 2. The Kier molecular flexibility index (Phi) is 11.7. The first-order valence-corrected chi connectivity index (χ1v) is 13.2. The molecular formula is C32H39NO6. The minimum Gasteiger partial charge on any atom is -0.467 e. The van der Waals surface area contributed by atoms with Crippen LogP contribution < -0.4 is 5.32 Å². The highest BCUT2D eigenvalue weighted by molar-refractivity contribution is 5.90. The van der Waals surface area contributed by atoms with Crippen LogP contribution in [-0.4, -0.2) is 43.3 Å². The molecular weight excluding hydrogens is 494 g/mol. The lowest BCUT2D eigenvalue weighted by Crippen LogP contribution is -2.59. The van der Waals surface area contributed by atoms with Crippen molar-refractivity contribution in [2.75, 3.05) is 13.7 Å². The molecule has 0 spiro atoms. The molecule has 0 aliphatic heterocycles. The fourth-order valence-corrected chi connectivity index (χ4v) is 4.09. The number of esters is 1. The highest BCUT2D eigenvalue weighted by atomic mass is 16.5. The zero-order valence-corrected chi connectivity index (χ0v) is 23.2. The number of nitrogens with one attached hydrogen (secondary N) is 1. The Balaban J connectivity index is 1.72. The summed E-state index contributed by atoms with van der Waals surface area (Å²) in [4.78, 5) is 26.5. The third-order valence-corrected chi connectivity index (χ3v) is 6.64. The fraction of sp³-hybridized carbons (Fsp3) is 0.375. The summed E-state index contributed by atoms with van der Waals surface area (Å²) in [5, 5.41) is 2.86. The highest BCUT2D eigenvalue weighted by Gasteiger charge is 2.40. The van der Waals surface area contributed by atoms with Crippen molar-refractivity contribution in [3.8, 4) is 0 Å². The van der Waals surface area contributed by atoms with Crippen LogP contribution in [0.2, 0.25) is 0 Å². The normalized spacial score (nSPS) is 15.0. The first-order chi connectivity index (χ1) is 18.8. The van der Waals surface area contributed by atoms with Gasteiger partial charge in [0.2, 0.25) is 5.91 Å². The predicted octanol–water partition coefficient (Wildman–Crippen LogP) is 5.08. The third kappa shape index (κ3) is 9.32. The molecule has 0 aromatic heterocycles. The van der Waals surface area contributed by atoms with E-state index in [0.717, 1.165) is 16.7 Å². The molecule has 4 atom stereocenters. The van der Waals surface area contributed by atoms with Crippen LogP contribution >= 0.6 is 0 Å². The van der Waals surface area contributed by atoms with Crippen molar-refractivity contribution in [3.63, 3.8) is 0 Å². The first kappa shape index (κ1) is 30.0. The van der Waals surface area contributed by atoms with Crippen LogP contribution in [0.3, 0.4) is 0 Å². The van der Waals surface area contributed by atoms with E-state index in [4.69, 9.17) is 18.9 Å². The van der Waals surface area contributed by atoms with Crippen molar-refractivity contribution in [2.45, 2.75) is 58.3 Å². The van der Waals surface area contributed by atoms with E-state index in [1.165, 1.54) is 7.11 Å². The molecule has 0 aliphatic rings. The average Bonchev–Trinajstić information content (AvgIpc) is 2.97. The lowest BCUT2D eigenvalue weighted by atomic mass is 9.96. The van der Waals surface area contributed by atoms with Crippen LogP contribution in [0.4, 0.5) is 0 Å². The Morgan fingerprint density at radius 1 is 0.744 bits per heavy atom. The molecule has 0 saturated carbocycles. The Labute approximate surface area is 231 Å². The largest absolute Gasteiger partial charge is 0.467 e. The minimum absolute atomic E-state index is 0.0693. The van der Waals surface area contributed by atoms with Crippen LogP contribution in [0.25, 0.3) is 0 Å². The zero-order chi connectivity index (χ0) is 28.1. The summed E-state index contributed by atoms with van der Waals surface area (Å²) in [7, 11) is 1.29. The van der Waals surface area contributed by atoms with E-state index in [9.17, 15) is 9.59 Å². The van der Waals surface area contributed by atoms with Crippen LogP contribution in [-0.2, 0) is 48.4 Å². The second-order valence-electron chi connectivity index (χ2n) is 9.87. The summed E-state index contributed by atoms with van der Waals surface area (Å²) in [6.07, 6.45) is -1.20. The molecule has 1 N–H and O–H groups in total. The van der Waals surface area contributed by atoms with Crippen LogP contribution in [0.15, 0.2) is 91.0 Å². The van der Waals surface area contributed by atoms with E-state index in [0.29, 0.717) is 6.61 Å². The van der Waals surface area contributed by atoms with Crippen LogP contribution in [0, 0.1) is 5.92 Å². The summed E-state index contributed by atoms with van der Waals surface area (Å²) in [5.41, 5.74) is 1.51. The Morgan fingerprint density at radius 2 is 1.21 bits per heavy atom. The number of methoxy groups -OCH3 is 1. The molecule has 0 heterocycles. The van der Waals surface area contributed by atoms with E-state index in [1.54, 1.807) is 6.92 Å². The SMILES string of the molecule is COC(=O)[C@](C)(COCc1ccccc1)NC(=O)[C@H](OCc1ccccc1)[C@H](C)[C@@H](C)OCc1ccccc1. The molecule has 0 unspecified atom stereocenters. The summed E-state index contributed by atoms with van der Waals surface area (Å²) in [6, 6.07) is 29.1. The van der Waals surface area contributed by atoms with Crippen molar-refractivity contribution in [1.82, 2.24) is 5.32 Å². The van der Waals surface area contributed by atoms with Gasteiger partial charge in [-0.05, 0) is 30.5 Å². The standard InChI is InChI=1S/C32H39NO6/c1-24(25(2)38-21-27-16-10-6-11-17-27)29(39-22-28-18-12-7-13-19-28)30(34)33-32(3,31(35)36-4)23-37-20-26-14-8-5-9-15-26/h5-19,24-25,29H,20-23H2,1-4H3,(H,33,34)/t24-,25-,29-,32+/m1/s1. The molecule has 3 rings (SSSR count). The number of carbonyl (C=O) groups excluding carboxylic acids is 2. The summed E-state index contributed by atoms with van der Waals surface area (Å²) >= 11 is 0. The number of benzene rings is 3. The van der Waals surface area contributed by atoms with Crippen molar-refractivity contribution in [3.05, 3.63) is 108 Å². The van der Waals surface area contributed by atoms with Gasteiger partial charge in [0.25, 0.3) is 0 Å². The molecule has 0 aliphatic carbocycles. The maximum atomic E-state index is 13.7. The van der Waals surface area contributed by atoms with Gasteiger partial charge < -0.3 is 24.3 Å². The second kappa shape index (κ2) is 15.2. The lowest BCUT2D eigenvalue weighted by molar-refractivity contribution is -0.158. The van der Waals surface area contributed by atoms with Gasteiger partial charge in [-0.1, -0.05) is 97.9 Å². The fourth-order valence-electron chi connectivity index (χ4n) is 4.09. The molecule has 1 amide bonds. The first-order valence-electron chi connectivity index (χ1n) is 13.2. The monoisotopic (exact) mass is 533 g/mol. The number of ether oxygens (including phenoxy) is 4. The molecule has 0 radical (unpaired) electrons. The molecule has 3 aromatic carbocycles. The molecule has 0 saturated heterocycles. The Hall–Kier alpha value is -3.52. The maximum absolute atomic E-state index is 13.7. The van der Waals surface area contributed by atoms with Crippen molar-refractivity contribution in [2.24, 2.45) is 5.92 Å². The molecule has 7 nitrogen and oxygen atoms in total. The van der Waals surface area contributed by atoms with Gasteiger partial charge in [0, 0.05) is 5.92 Å². The van der Waals surface area contributed by atoms with Crippen LogP contribution in [0.5, 0.6) is 0 Å². The minimum atomic E-state index is -1.41. The quantitative estimate of drug-likeness (QED) is 0.275. The van der Waals surface area contributed by atoms with E-state index in [2.05, 4.69) is 5.32 Å². The average molecular weight is 534 g/mol. The topological polar surface area (TPSA) is 83.1 Å². The van der Waals surface area contributed by atoms with Crippen LogP contribution in [0.1, 0.15) is 37.5 Å². The van der Waals surface area contributed by atoms with Gasteiger partial charge in [-0.25, -0.2) is 4.79 Å². The van der Waals surface area contributed by atoms with E-state index in [-0.39, 0.29) is 31.8 Å². The number of amides is 1. The Morgan fingerprint density at radius 3 is 1.69 bits per heavy atom. The number of hydrogen-bond acceptors (Lipinski definition) is 6. The molecule has 0 bridgehead atoms. The van der Waals surface area contributed by atoms with E-state index < -0.39 is 23.5 Å². The van der Waals surface area contributed by atoms with Gasteiger partial charge in [0.1, 0.15) is 6.10 Å². The number of rotatable bonds is 15. The predicted molar refractivity (Wildman–Crippen MR) is 150 cm³/mol. The molecule has 7 heteroatoms. The van der Waals surface area contributed by atoms with E-state index >= 15 is 0 Å². The van der Waals surface area contributed by atoms with Crippen molar-refractivity contribution < 1.29 is 28.5 Å². The molecule has 39 heavy (non-hydrogen) atoms. The molecule has 3 aromatic rings. The van der Waals surface area contributed by atoms with Gasteiger partial charge in [0.15, 0.2) is 5.54 Å². The molecule has 208 valence electrons. The van der Waals surface area contributed by atoms with Gasteiger partial charge >= 0.3 is 5.97 Å². The van der Waals surface area contributed by atoms with Gasteiger partial charge in [0.05, 0.1) is 39.6 Å². The zero-order valence-electron chi connectivity index (χ0n) is 23.2. The van der Waals surface area contributed by atoms with Gasteiger partial charge in [-0.3, -0.25) is 4.79 Å². The highest BCUT2D eigenvalue weighted by Crippen LogP contribution is 2.21. The smallest absolute Gasteiger partial charge is 0.333 e. The lowest BCUT2D eigenvalue weighted by Gasteiger charge is -2.33. The van der Waals surface area contributed by atoms with Gasteiger partial charge in [-0.15, -0.1) is 0 Å². The second-order valence-corrected chi connectivity index (χ2v) is 9.87. The third-order valence-electron chi connectivity index (χ3n) is 6.64. The van der Waals surface area contributed by atoms with Gasteiger partial charge in [-0.2, -0.15) is 0 Å². The number of hydrogen-bond donors (Lipinski definition) is 1. The van der Waals surface area contributed by atoms with Crippen molar-refractivity contribution in [1.29, 1.82) is 0 Å². The summed E-state index contributed by atoms with van der Waals surface area (Å²) in [6.45, 7) is 6.28. The van der Waals surface area contributed by atoms with E-state index in [1.807, 2.05) is 105 Å².